The molecule has 0 unspecified atom stereocenters. The molecule has 0 radical (unpaired) electrons. The molecule has 0 saturated carbocycles. The van der Waals surface area contributed by atoms with Crippen molar-refractivity contribution in [3.05, 3.63) is 54.1 Å². The van der Waals surface area contributed by atoms with Crippen molar-refractivity contribution in [2.75, 3.05) is 0 Å². The summed E-state index contributed by atoms with van der Waals surface area (Å²) in [5, 5.41) is 0. The fourth-order valence-corrected chi connectivity index (χ4v) is 6.54. The SMILES string of the molecule is CCCCCCCCCCCCCCCc1n(CCCCCCCCCCCCC)cc[n+]1CCCc1ccccc1. The fourth-order valence-electron chi connectivity index (χ4n) is 6.54. The van der Waals surface area contributed by atoms with E-state index in [4.69, 9.17) is 0 Å². The van der Waals surface area contributed by atoms with Crippen LogP contribution in [0.15, 0.2) is 42.7 Å². The van der Waals surface area contributed by atoms with E-state index in [0.29, 0.717) is 0 Å². The summed E-state index contributed by atoms with van der Waals surface area (Å²) in [6.45, 7) is 6.97. The van der Waals surface area contributed by atoms with Gasteiger partial charge in [0, 0.05) is 6.42 Å². The van der Waals surface area contributed by atoms with Crippen molar-refractivity contribution >= 4 is 0 Å². The van der Waals surface area contributed by atoms with Crippen LogP contribution in [0.5, 0.6) is 0 Å². The average molecular weight is 580 g/mol. The Balaban J connectivity index is 1.64. The summed E-state index contributed by atoms with van der Waals surface area (Å²) in [6, 6.07) is 11.0. The van der Waals surface area contributed by atoms with Crippen molar-refractivity contribution in [2.24, 2.45) is 0 Å². The first-order valence-corrected chi connectivity index (χ1v) is 19.0. The van der Waals surface area contributed by atoms with E-state index in [0.717, 1.165) is 6.54 Å². The van der Waals surface area contributed by atoms with Gasteiger partial charge in [-0.15, -0.1) is 0 Å². The molecule has 2 nitrogen and oxygen atoms in total. The second-order valence-electron chi connectivity index (χ2n) is 13.2. The molecular formula is C40H71N2+. The molecule has 1 aromatic heterocycles. The summed E-state index contributed by atoms with van der Waals surface area (Å²) in [5.74, 6) is 1.58. The molecule has 1 aromatic carbocycles. The molecule has 0 aliphatic carbocycles. The number of benzene rings is 1. The highest BCUT2D eigenvalue weighted by atomic mass is 15.1. The lowest BCUT2D eigenvalue weighted by Gasteiger charge is -2.07. The van der Waals surface area contributed by atoms with E-state index in [1.165, 1.54) is 185 Å². The van der Waals surface area contributed by atoms with Crippen LogP contribution in [-0.2, 0) is 25.9 Å². The number of nitrogens with zero attached hydrogens (tertiary/aromatic N) is 2. The molecule has 1 heterocycles. The van der Waals surface area contributed by atoms with E-state index >= 15 is 0 Å². The van der Waals surface area contributed by atoms with E-state index in [2.05, 4.69) is 65.7 Å². The van der Waals surface area contributed by atoms with Crippen LogP contribution >= 0.6 is 0 Å². The second kappa shape index (κ2) is 27.0. The Morgan fingerprint density at radius 2 is 0.929 bits per heavy atom. The van der Waals surface area contributed by atoms with Crippen molar-refractivity contribution in [2.45, 2.75) is 200 Å². The lowest BCUT2D eigenvalue weighted by molar-refractivity contribution is -0.704. The Bertz CT molecular complexity index is 823. The monoisotopic (exact) mass is 580 g/mol. The van der Waals surface area contributed by atoms with Gasteiger partial charge in [-0.3, -0.25) is 0 Å². The largest absolute Gasteiger partial charge is 0.256 e. The normalized spacial score (nSPS) is 11.5. The number of imidazole rings is 1. The molecule has 0 spiro atoms. The molecule has 42 heavy (non-hydrogen) atoms. The Morgan fingerprint density at radius 3 is 1.43 bits per heavy atom. The smallest absolute Gasteiger partial charge is 0.234 e. The van der Waals surface area contributed by atoms with Crippen LogP contribution in [0.4, 0.5) is 0 Å². The first-order chi connectivity index (χ1) is 20.8. The van der Waals surface area contributed by atoms with Gasteiger partial charge in [-0.25, -0.2) is 9.13 Å². The van der Waals surface area contributed by atoms with Crippen LogP contribution in [0.3, 0.4) is 0 Å². The van der Waals surface area contributed by atoms with Gasteiger partial charge in [0.05, 0.1) is 13.1 Å². The first kappa shape index (κ1) is 36.6. The number of rotatable bonds is 30. The lowest BCUT2D eigenvalue weighted by atomic mass is 10.0. The third-order valence-electron chi connectivity index (χ3n) is 9.30. The number of aromatic nitrogens is 2. The summed E-state index contributed by atoms with van der Waals surface area (Å²) >= 11 is 0. The minimum absolute atomic E-state index is 1.15. The molecule has 2 rings (SSSR count). The standard InChI is InChI=1S/C40H71N2/c1-3-5-7-9-11-13-15-16-17-19-21-23-28-34-40-41(35-29-24-22-20-18-14-12-10-8-6-4-2)37-38-42(40)36-30-33-39-31-26-25-27-32-39/h25-27,31-32,37-38H,3-24,28-30,33-36H2,1-2H3/q+1. The predicted octanol–water partition coefficient (Wildman–Crippen LogP) is 12.4. The van der Waals surface area contributed by atoms with Gasteiger partial charge in [0.25, 0.3) is 5.82 Å². The maximum absolute atomic E-state index is 2.61. The molecule has 0 N–H and O–H groups in total. The van der Waals surface area contributed by atoms with Gasteiger partial charge in [-0.05, 0) is 37.7 Å². The Kier molecular flexibility index (Phi) is 23.6. The lowest BCUT2D eigenvalue weighted by Crippen LogP contribution is -2.37. The van der Waals surface area contributed by atoms with Crippen LogP contribution in [0.1, 0.15) is 186 Å². The van der Waals surface area contributed by atoms with Gasteiger partial charge in [0.15, 0.2) is 0 Å². The van der Waals surface area contributed by atoms with Crippen LogP contribution in [-0.4, -0.2) is 4.57 Å². The molecule has 240 valence electrons. The van der Waals surface area contributed by atoms with Crippen molar-refractivity contribution in [1.82, 2.24) is 4.57 Å². The maximum atomic E-state index is 2.61. The van der Waals surface area contributed by atoms with Crippen molar-refractivity contribution in [3.8, 4) is 0 Å². The summed E-state index contributed by atoms with van der Waals surface area (Å²) < 4.78 is 5.19. The minimum atomic E-state index is 1.15. The zero-order valence-electron chi connectivity index (χ0n) is 28.4. The van der Waals surface area contributed by atoms with Gasteiger partial charge in [-0.2, -0.15) is 0 Å². The van der Waals surface area contributed by atoms with E-state index in [1.54, 1.807) is 5.82 Å². The predicted molar refractivity (Wildman–Crippen MR) is 185 cm³/mol. The third kappa shape index (κ3) is 18.9. The topological polar surface area (TPSA) is 8.81 Å². The van der Waals surface area contributed by atoms with E-state index < -0.39 is 0 Å². The van der Waals surface area contributed by atoms with E-state index in [-0.39, 0.29) is 0 Å². The second-order valence-corrected chi connectivity index (χ2v) is 13.2. The minimum Gasteiger partial charge on any atom is -0.234 e. The van der Waals surface area contributed by atoms with Crippen molar-refractivity contribution < 1.29 is 4.57 Å². The van der Waals surface area contributed by atoms with E-state index in [9.17, 15) is 0 Å². The fraction of sp³-hybridized carbons (Fsp3) is 0.775. The molecule has 0 aliphatic rings. The van der Waals surface area contributed by atoms with Crippen LogP contribution < -0.4 is 4.57 Å². The van der Waals surface area contributed by atoms with Gasteiger partial charge >= 0.3 is 0 Å². The van der Waals surface area contributed by atoms with Crippen LogP contribution in [0.25, 0.3) is 0 Å². The molecule has 2 aromatic rings. The molecule has 0 fully saturated rings. The Hall–Kier alpha value is -1.57. The van der Waals surface area contributed by atoms with Gasteiger partial charge < -0.3 is 0 Å². The average Bonchev–Trinajstić information content (AvgIpc) is 3.39. The number of hydrogen-bond acceptors (Lipinski definition) is 0. The maximum Gasteiger partial charge on any atom is 0.256 e. The van der Waals surface area contributed by atoms with Gasteiger partial charge in [0.1, 0.15) is 12.4 Å². The number of aryl methyl sites for hydroxylation is 3. The Morgan fingerprint density at radius 1 is 0.476 bits per heavy atom. The highest BCUT2D eigenvalue weighted by Crippen LogP contribution is 2.15. The summed E-state index contributed by atoms with van der Waals surface area (Å²) in [7, 11) is 0. The number of hydrogen-bond donors (Lipinski definition) is 0. The highest BCUT2D eigenvalue weighted by Gasteiger charge is 2.16. The zero-order valence-corrected chi connectivity index (χ0v) is 28.4. The summed E-state index contributed by atoms with van der Waals surface area (Å²) in [5.41, 5.74) is 1.47. The van der Waals surface area contributed by atoms with Gasteiger partial charge in [0.2, 0.25) is 0 Å². The highest BCUT2D eigenvalue weighted by molar-refractivity contribution is 5.14. The summed E-state index contributed by atoms with van der Waals surface area (Å²) in [4.78, 5) is 0. The van der Waals surface area contributed by atoms with Crippen LogP contribution in [0, 0.1) is 0 Å². The zero-order chi connectivity index (χ0) is 29.8. The molecular weight excluding hydrogens is 508 g/mol. The Labute approximate surface area is 263 Å². The van der Waals surface area contributed by atoms with Crippen molar-refractivity contribution in [3.63, 3.8) is 0 Å². The quantitative estimate of drug-likeness (QED) is 0.0643. The first-order valence-electron chi connectivity index (χ1n) is 19.0. The van der Waals surface area contributed by atoms with Crippen molar-refractivity contribution in [1.29, 1.82) is 0 Å². The van der Waals surface area contributed by atoms with Crippen LogP contribution in [0.2, 0.25) is 0 Å². The third-order valence-corrected chi connectivity index (χ3v) is 9.30. The summed E-state index contributed by atoms with van der Waals surface area (Å²) in [6.07, 6.45) is 42.6. The molecule has 0 atom stereocenters. The molecule has 0 bridgehead atoms. The van der Waals surface area contributed by atoms with Gasteiger partial charge in [-0.1, -0.05) is 179 Å². The van der Waals surface area contributed by atoms with E-state index in [1.807, 2.05) is 0 Å². The molecule has 2 heteroatoms. The molecule has 0 aliphatic heterocycles. The number of unbranched alkanes of at least 4 members (excludes halogenated alkanes) is 22. The molecule has 0 saturated heterocycles. The molecule has 0 amide bonds.